The van der Waals surface area contributed by atoms with Crippen molar-refractivity contribution in [3.8, 4) is 17.2 Å². The zero-order chi connectivity index (χ0) is 11.5. The summed E-state index contributed by atoms with van der Waals surface area (Å²) in [7, 11) is 0. The third-order valence-electron chi connectivity index (χ3n) is 2.20. The van der Waals surface area contributed by atoms with E-state index in [9.17, 15) is 8.78 Å². The molecule has 0 heterocycles. The van der Waals surface area contributed by atoms with Gasteiger partial charge in [-0.2, -0.15) is 5.26 Å². The number of benzene rings is 2. The zero-order valence-corrected chi connectivity index (χ0v) is 8.24. The van der Waals surface area contributed by atoms with E-state index in [2.05, 4.69) is 0 Å². The minimum absolute atomic E-state index is 0.249. The molecule has 0 N–H and O–H groups in total. The van der Waals surface area contributed by atoms with Gasteiger partial charge in [0, 0.05) is 0 Å². The maximum Gasteiger partial charge on any atom is 0.125 e. The van der Waals surface area contributed by atoms with Crippen molar-refractivity contribution in [2.75, 3.05) is 0 Å². The Hall–Kier alpha value is -2.21. The Balaban J connectivity index is 2.52. The molecule has 0 amide bonds. The second kappa shape index (κ2) is 4.11. The summed E-state index contributed by atoms with van der Waals surface area (Å²) in [6, 6.07) is 11.6. The average molecular weight is 215 g/mol. The fourth-order valence-electron chi connectivity index (χ4n) is 1.46. The van der Waals surface area contributed by atoms with Crippen LogP contribution in [0.15, 0.2) is 42.5 Å². The smallest absolute Gasteiger partial charge is 0.125 e. The number of rotatable bonds is 1. The molecule has 0 aromatic heterocycles. The predicted molar refractivity (Wildman–Crippen MR) is 56.5 cm³/mol. The van der Waals surface area contributed by atoms with Gasteiger partial charge in [-0.25, -0.2) is 8.78 Å². The zero-order valence-electron chi connectivity index (χ0n) is 8.24. The van der Waals surface area contributed by atoms with Crippen LogP contribution in [-0.2, 0) is 0 Å². The van der Waals surface area contributed by atoms with E-state index in [0.29, 0.717) is 11.1 Å². The number of hydrogen-bond donors (Lipinski definition) is 0. The Morgan fingerprint density at radius 3 is 2.12 bits per heavy atom. The van der Waals surface area contributed by atoms with E-state index in [-0.39, 0.29) is 11.4 Å². The summed E-state index contributed by atoms with van der Waals surface area (Å²) >= 11 is 0. The third-order valence-corrected chi connectivity index (χ3v) is 2.20. The van der Waals surface area contributed by atoms with Crippen molar-refractivity contribution in [1.29, 1.82) is 5.26 Å². The highest BCUT2D eigenvalue weighted by atomic mass is 19.1. The Labute approximate surface area is 91.6 Å². The van der Waals surface area contributed by atoms with Gasteiger partial charge in [-0.15, -0.1) is 0 Å². The van der Waals surface area contributed by atoms with Crippen molar-refractivity contribution in [2.45, 2.75) is 0 Å². The summed E-state index contributed by atoms with van der Waals surface area (Å²) in [4.78, 5) is 0. The molecule has 1 nitrogen and oxygen atoms in total. The summed E-state index contributed by atoms with van der Waals surface area (Å²) in [5.74, 6) is -0.820. The van der Waals surface area contributed by atoms with Crippen molar-refractivity contribution in [2.24, 2.45) is 0 Å². The number of nitriles is 1. The molecule has 2 rings (SSSR count). The van der Waals surface area contributed by atoms with Crippen LogP contribution in [0.2, 0.25) is 0 Å². The van der Waals surface area contributed by atoms with Crippen LogP contribution in [0.25, 0.3) is 11.1 Å². The molecule has 0 aliphatic rings. The molecule has 0 spiro atoms. The molecule has 3 heteroatoms. The van der Waals surface area contributed by atoms with Crippen LogP contribution >= 0.6 is 0 Å². The van der Waals surface area contributed by atoms with Gasteiger partial charge in [0.1, 0.15) is 11.6 Å². The third kappa shape index (κ3) is 2.06. The van der Waals surface area contributed by atoms with Gasteiger partial charge in [0.25, 0.3) is 0 Å². The summed E-state index contributed by atoms with van der Waals surface area (Å²) in [5.41, 5.74) is 1.49. The van der Waals surface area contributed by atoms with Crippen molar-refractivity contribution >= 4 is 0 Å². The molecule has 16 heavy (non-hydrogen) atoms. The van der Waals surface area contributed by atoms with E-state index in [4.69, 9.17) is 5.26 Å². The van der Waals surface area contributed by atoms with Crippen molar-refractivity contribution in [1.82, 2.24) is 0 Å². The highest BCUT2D eigenvalue weighted by molar-refractivity contribution is 5.65. The first-order valence-electron chi connectivity index (χ1n) is 4.65. The monoisotopic (exact) mass is 215 g/mol. The van der Waals surface area contributed by atoms with Crippen LogP contribution in [0, 0.1) is 23.0 Å². The normalized spacial score (nSPS) is 9.81. The molecule has 2 aromatic carbocycles. The molecule has 0 aliphatic heterocycles. The number of nitrogens with zero attached hydrogens (tertiary/aromatic N) is 1. The van der Waals surface area contributed by atoms with E-state index in [1.54, 1.807) is 18.2 Å². The fraction of sp³-hybridized carbons (Fsp3) is 0. The quantitative estimate of drug-likeness (QED) is 0.714. The Morgan fingerprint density at radius 2 is 1.50 bits per heavy atom. The van der Waals surface area contributed by atoms with Crippen LogP contribution in [0.4, 0.5) is 8.78 Å². The Morgan fingerprint density at radius 1 is 0.812 bits per heavy atom. The lowest BCUT2D eigenvalue weighted by Crippen LogP contribution is -1.84. The number of halogens is 2. The molecule has 0 saturated carbocycles. The van der Waals surface area contributed by atoms with Gasteiger partial charge in [-0.05, 0) is 41.5 Å². The summed E-state index contributed by atoms with van der Waals surface area (Å²) in [6.45, 7) is 0. The van der Waals surface area contributed by atoms with E-state index < -0.39 is 5.82 Å². The van der Waals surface area contributed by atoms with Crippen LogP contribution in [0.1, 0.15) is 5.56 Å². The molecule has 0 aliphatic carbocycles. The summed E-state index contributed by atoms with van der Waals surface area (Å²) < 4.78 is 25.9. The molecule has 0 saturated heterocycles. The summed E-state index contributed by atoms with van der Waals surface area (Å²) in [6.07, 6.45) is 0. The maximum absolute atomic E-state index is 13.2. The van der Waals surface area contributed by atoms with Crippen LogP contribution in [0.3, 0.4) is 0 Å². The molecule has 0 bridgehead atoms. The van der Waals surface area contributed by atoms with Gasteiger partial charge < -0.3 is 0 Å². The average Bonchev–Trinajstić information content (AvgIpc) is 2.29. The summed E-state index contributed by atoms with van der Waals surface area (Å²) in [5, 5.41) is 8.70. The lowest BCUT2D eigenvalue weighted by molar-refractivity contribution is 0.627. The number of hydrogen-bond acceptors (Lipinski definition) is 1. The van der Waals surface area contributed by atoms with E-state index in [0.717, 1.165) is 6.07 Å². The van der Waals surface area contributed by atoms with Gasteiger partial charge in [0.05, 0.1) is 11.6 Å². The van der Waals surface area contributed by atoms with E-state index in [1.165, 1.54) is 18.2 Å². The van der Waals surface area contributed by atoms with Crippen molar-refractivity contribution < 1.29 is 8.78 Å². The lowest BCUT2D eigenvalue weighted by Gasteiger charge is -2.02. The second-order valence-corrected chi connectivity index (χ2v) is 3.35. The largest absolute Gasteiger partial charge is 0.207 e. The van der Waals surface area contributed by atoms with Gasteiger partial charge in [-0.1, -0.05) is 12.1 Å². The first kappa shape index (κ1) is 10.3. The Bertz CT molecular complexity index is 553. The molecular formula is C13H7F2N. The highest BCUT2D eigenvalue weighted by Crippen LogP contribution is 2.22. The van der Waals surface area contributed by atoms with Gasteiger partial charge in [-0.3, -0.25) is 0 Å². The van der Waals surface area contributed by atoms with Crippen LogP contribution in [-0.4, -0.2) is 0 Å². The topological polar surface area (TPSA) is 23.8 Å². The molecule has 0 radical (unpaired) electrons. The minimum atomic E-state index is -0.474. The van der Waals surface area contributed by atoms with Crippen LogP contribution in [0.5, 0.6) is 0 Å². The van der Waals surface area contributed by atoms with Gasteiger partial charge in [0.2, 0.25) is 0 Å². The molecule has 0 unspecified atom stereocenters. The first-order chi connectivity index (χ1) is 7.69. The maximum atomic E-state index is 13.2. The predicted octanol–water partition coefficient (Wildman–Crippen LogP) is 3.50. The van der Waals surface area contributed by atoms with Crippen LogP contribution < -0.4 is 0 Å². The van der Waals surface area contributed by atoms with Crippen molar-refractivity contribution in [3.63, 3.8) is 0 Å². The molecule has 78 valence electrons. The second-order valence-electron chi connectivity index (χ2n) is 3.35. The van der Waals surface area contributed by atoms with Crippen molar-refractivity contribution in [3.05, 3.63) is 59.7 Å². The van der Waals surface area contributed by atoms with E-state index >= 15 is 0 Å². The van der Waals surface area contributed by atoms with Gasteiger partial charge >= 0.3 is 0 Å². The fourth-order valence-corrected chi connectivity index (χ4v) is 1.46. The molecule has 2 aromatic rings. The molecule has 0 fully saturated rings. The highest BCUT2D eigenvalue weighted by Gasteiger charge is 2.03. The Kier molecular flexibility index (Phi) is 2.65. The SMILES string of the molecule is N#Cc1cc(F)cc(-c2ccc(F)cc2)c1. The van der Waals surface area contributed by atoms with Gasteiger partial charge in [0.15, 0.2) is 0 Å². The molecular weight excluding hydrogens is 208 g/mol. The standard InChI is InChI=1S/C13H7F2N/c14-12-3-1-10(2-4-12)11-5-9(8-16)6-13(15)7-11/h1-7H. The minimum Gasteiger partial charge on any atom is -0.207 e. The van der Waals surface area contributed by atoms with E-state index in [1.807, 2.05) is 6.07 Å². The first-order valence-corrected chi connectivity index (χ1v) is 4.65. The lowest BCUT2D eigenvalue weighted by atomic mass is 10.0. The molecule has 0 atom stereocenters.